The van der Waals surface area contributed by atoms with Gasteiger partial charge >= 0.3 is 11.9 Å². The highest BCUT2D eigenvalue weighted by Gasteiger charge is 2.12. The van der Waals surface area contributed by atoms with Crippen LogP contribution >= 0.6 is 0 Å². The lowest BCUT2D eigenvalue weighted by atomic mass is 10.2. The third-order valence-corrected chi connectivity index (χ3v) is 1.71. The van der Waals surface area contributed by atoms with E-state index in [1.54, 1.807) is 6.07 Å². The van der Waals surface area contributed by atoms with Crippen molar-refractivity contribution in [2.45, 2.75) is 6.54 Å². The Bertz CT molecular complexity index is 379. The maximum Gasteiger partial charge on any atom is 0.396 e. The number of nitrogens with one attached hydrogen (secondary N) is 1. The summed E-state index contributed by atoms with van der Waals surface area (Å²) in [6.45, 7) is 0.0890. The minimum absolute atomic E-state index is 0.0890. The van der Waals surface area contributed by atoms with Crippen LogP contribution in [0.4, 0.5) is 4.39 Å². The zero-order valence-electron chi connectivity index (χ0n) is 8.12. The van der Waals surface area contributed by atoms with Crippen molar-refractivity contribution in [2.24, 2.45) is 0 Å². The molecule has 0 bridgehead atoms. The van der Waals surface area contributed by atoms with Crippen molar-refractivity contribution in [3.8, 4) is 0 Å². The summed E-state index contributed by atoms with van der Waals surface area (Å²) in [6, 6.07) is 5.73. The van der Waals surface area contributed by atoms with Gasteiger partial charge in [0.1, 0.15) is 5.82 Å². The monoisotopic (exact) mass is 211 g/mol. The molecular weight excluding hydrogens is 201 g/mol. The molecule has 0 spiro atoms. The Kier molecular flexibility index (Phi) is 3.79. The highest BCUT2D eigenvalue weighted by Crippen LogP contribution is 2.02. The van der Waals surface area contributed by atoms with Crippen molar-refractivity contribution in [2.75, 3.05) is 7.11 Å². The van der Waals surface area contributed by atoms with E-state index in [1.807, 2.05) is 0 Å². The van der Waals surface area contributed by atoms with Gasteiger partial charge in [-0.2, -0.15) is 0 Å². The molecule has 0 aromatic heterocycles. The topological polar surface area (TPSA) is 55.4 Å². The predicted octanol–water partition coefficient (Wildman–Crippen LogP) is 0.615. The Hall–Kier alpha value is -1.91. The lowest BCUT2D eigenvalue weighted by Gasteiger charge is -2.03. The van der Waals surface area contributed by atoms with Crippen LogP contribution in [0, 0.1) is 5.82 Å². The zero-order valence-corrected chi connectivity index (χ0v) is 8.12. The van der Waals surface area contributed by atoms with Crippen LogP contribution in [0.25, 0.3) is 0 Å². The van der Waals surface area contributed by atoms with Crippen molar-refractivity contribution in [1.82, 2.24) is 5.32 Å². The van der Waals surface area contributed by atoms with Gasteiger partial charge in [0.2, 0.25) is 0 Å². The summed E-state index contributed by atoms with van der Waals surface area (Å²) in [4.78, 5) is 21.6. The number of benzene rings is 1. The Balaban J connectivity index is 2.50. The molecule has 0 saturated heterocycles. The van der Waals surface area contributed by atoms with E-state index in [0.717, 1.165) is 7.11 Å². The highest BCUT2D eigenvalue weighted by molar-refractivity contribution is 6.32. The second-order valence-corrected chi connectivity index (χ2v) is 2.80. The number of ether oxygens (including phenoxy) is 1. The Morgan fingerprint density at radius 1 is 1.47 bits per heavy atom. The number of carbonyl (C=O) groups is 2. The minimum atomic E-state index is -0.966. The molecule has 0 aliphatic rings. The Morgan fingerprint density at radius 2 is 2.20 bits per heavy atom. The number of carbonyl (C=O) groups excluding carboxylic acids is 2. The second-order valence-electron chi connectivity index (χ2n) is 2.80. The molecular formula is C10H10FNO3. The molecule has 80 valence electrons. The largest absolute Gasteiger partial charge is 0.462 e. The molecule has 0 heterocycles. The Labute approximate surface area is 86.0 Å². The lowest BCUT2D eigenvalue weighted by molar-refractivity contribution is -0.152. The van der Waals surface area contributed by atoms with Crippen molar-refractivity contribution in [1.29, 1.82) is 0 Å². The molecule has 0 saturated carbocycles. The van der Waals surface area contributed by atoms with Gasteiger partial charge in [0, 0.05) is 6.54 Å². The summed E-state index contributed by atoms with van der Waals surface area (Å²) in [5.74, 6) is -2.20. The van der Waals surface area contributed by atoms with Gasteiger partial charge < -0.3 is 10.1 Å². The number of amides is 1. The fourth-order valence-corrected chi connectivity index (χ4v) is 0.994. The van der Waals surface area contributed by atoms with Crippen molar-refractivity contribution < 1.29 is 18.7 Å². The molecule has 0 radical (unpaired) electrons. The molecule has 1 amide bonds. The molecule has 0 fully saturated rings. The lowest BCUT2D eigenvalue weighted by Crippen LogP contribution is -2.31. The maximum atomic E-state index is 12.7. The van der Waals surface area contributed by atoms with E-state index in [1.165, 1.54) is 18.2 Å². The average molecular weight is 211 g/mol. The minimum Gasteiger partial charge on any atom is -0.462 e. The third kappa shape index (κ3) is 3.38. The zero-order chi connectivity index (χ0) is 11.3. The molecule has 0 unspecified atom stereocenters. The quantitative estimate of drug-likeness (QED) is 0.576. The van der Waals surface area contributed by atoms with Crippen LogP contribution in [-0.2, 0) is 20.9 Å². The number of hydrogen-bond donors (Lipinski definition) is 1. The normalized spacial score (nSPS) is 9.47. The highest BCUT2D eigenvalue weighted by atomic mass is 19.1. The van der Waals surface area contributed by atoms with Crippen molar-refractivity contribution in [3.05, 3.63) is 35.6 Å². The van der Waals surface area contributed by atoms with Crippen LogP contribution in [0.1, 0.15) is 5.56 Å². The number of halogens is 1. The van der Waals surface area contributed by atoms with E-state index in [4.69, 9.17) is 0 Å². The maximum absolute atomic E-state index is 12.7. The third-order valence-electron chi connectivity index (χ3n) is 1.71. The molecule has 1 rings (SSSR count). The average Bonchev–Trinajstić information content (AvgIpc) is 2.25. The first-order chi connectivity index (χ1) is 7.13. The summed E-state index contributed by atoms with van der Waals surface area (Å²) in [6.07, 6.45) is 0. The van der Waals surface area contributed by atoms with Crippen LogP contribution in [0.5, 0.6) is 0 Å². The summed E-state index contributed by atoms with van der Waals surface area (Å²) >= 11 is 0. The van der Waals surface area contributed by atoms with Crippen LogP contribution in [0.3, 0.4) is 0 Å². The van der Waals surface area contributed by atoms with Gasteiger partial charge in [-0.15, -0.1) is 0 Å². The van der Waals surface area contributed by atoms with Crippen molar-refractivity contribution in [3.63, 3.8) is 0 Å². The van der Waals surface area contributed by atoms with Gasteiger partial charge in [-0.3, -0.25) is 4.79 Å². The summed E-state index contributed by atoms with van der Waals surface area (Å²) in [7, 11) is 1.12. The number of methoxy groups -OCH3 is 1. The molecule has 15 heavy (non-hydrogen) atoms. The molecule has 1 aromatic carbocycles. The van der Waals surface area contributed by atoms with E-state index in [0.29, 0.717) is 5.56 Å². The molecule has 5 heteroatoms. The predicted molar refractivity (Wildman–Crippen MR) is 50.3 cm³/mol. The molecule has 0 aliphatic heterocycles. The van der Waals surface area contributed by atoms with Crippen LogP contribution < -0.4 is 5.32 Å². The number of esters is 1. The standard InChI is InChI=1S/C10H10FNO3/c1-15-10(14)9(13)12-6-7-3-2-4-8(11)5-7/h2-5H,6H2,1H3,(H,12,13). The molecule has 1 aromatic rings. The number of rotatable bonds is 2. The SMILES string of the molecule is COC(=O)C(=O)NCc1cccc(F)c1. The fourth-order valence-electron chi connectivity index (χ4n) is 0.994. The first kappa shape index (κ1) is 11.2. The van der Waals surface area contributed by atoms with Crippen LogP contribution in [-0.4, -0.2) is 19.0 Å². The second kappa shape index (κ2) is 5.09. The first-order valence-corrected chi connectivity index (χ1v) is 4.24. The molecule has 1 N–H and O–H groups in total. The van der Waals surface area contributed by atoms with E-state index in [9.17, 15) is 14.0 Å². The van der Waals surface area contributed by atoms with Gasteiger partial charge in [-0.05, 0) is 17.7 Å². The van der Waals surface area contributed by atoms with Gasteiger partial charge in [-0.1, -0.05) is 12.1 Å². The van der Waals surface area contributed by atoms with Crippen LogP contribution in [0.15, 0.2) is 24.3 Å². The van der Waals surface area contributed by atoms with Gasteiger partial charge in [0.15, 0.2) is 0 Å². The van der Waals surface area contributed by atoms with Gasteiger partial charge in [-0.25, -0.2) is 9.18 Å². The van der Waals surface area contributed by atoms with Crippen LogP contribution in [0.2, 0.25) is 0 Å². The Morgan fingerprint density at radius 3 is 2.80 bits per heavy atom. The van der Waals surface area contributed by atoms with E-state index in [-0.39, 0.29) is 12.4 Å². The van der Waals surface area contributed by atoms with Crippen molar-refractivity contribution >= 4 is 11.9 Å². The van der Waals surface area contributed by atoms with Gasteiger partial charge in [0.25, 0.3) is 0 Å². The molecule has 0 atom stereocenters. The summed E-state index contributed by atoms with van der Waals surface area (Å²) < 4.78 is 16.9. The number of hydrogen-bond acceptors (Lipinski definition) is 3. The van der Waals surface area contributed by atoms with Gasteiger partial charge in [0.05, 0.1) is 7.11 Å². The summed E-state index contributed by atoms with van der Waals surface area (Å²) in [5, 5.41) is 2.30. The smallest absolute Gasteiger partial charge is 0.396 e. The summed E-state index contributed by atoms with van der Waals surface area (Å²) in [5.41, 5.74) is 0.576. The van der Waals surface area contributed by atoms with E-state index in [2.05, 4.69) is 10.1 Å². The van der Waals surface area contributed by atoms with E-state index >= 15 is 0 Å². The molecule has 4 nitrogen and oxygen atoms in total. The first-order valence-electron chi connectivity index (χ1n) is 4.24. The fraction of sp³-hybridized carbons (Fsp3) is 0.200. The van der Waals surface area contributed by atoms with E-state index < -0.39 is 11.9 Å². The molecule has 0 aliphatic carbocycles.